The van der Waals surface area contributed by atoms with Crippen LogP contribution >= 0.6 is 0 Å². The molecule has 0 amide bonds. The van der Waals surface area contributed by atoms with E-state index in [4.69, 9.17) is 9.84 Å². The Labute approximate surface area is 165 Å². The lowest BCUT2D eigenvalue weighted by atomic mass is 10.1. The Bertz CT molecular complexity index is 955. The zero-order chi connectivity index (χ0) is 20.3. The predicted octanol–water partition coefficient (Wildman–Crippen LogP) is 3.81. The predicted molar refractivity (Wildman–Crippen MR) is 108 cm³/mol. The summed E-state index contributed by atoms with van der Waals surface area (Å²) in [6.07, 6.45) is 1.97. The molecule has 6 heteroatoms. The monoisotopic (exact) mass is 383 g/mol. The summed E-state index contributed by atoms with van der Waals surface area (Å²) in [4.78, 5) is 2.04. The van der Waals surface area contributed by atoms with E-state index in [0.717, 1.165) is 16.8 Å². The van der Waals surface area contributed by atoms with Gasteiger partial charge in [0, 0.05) is 29.9 Å². The van der Waals surface area contributed by atoms with Crippen LogP contribution in [0.3, 0.4) is 0 Å². The summed E-state index contributed by atoms with van der Waals surface area (Å²) >= 11 is 0. The molecule has 3 aromatic rings. The Morgan fingerprint density at radius 3 is 2.64 bits per heavy atom. The number of para-hydroxylation sites is 1. The number of rotatable bonds is 7. The lowest BCUT2D eigenvalue weighted by Gasteiger charge is -2.22. The van der Waals surface area contributed by atoms with E-state index in [1.54, 1.807) is 6.07 Å². The molecule has 0 aliphatic rings. The normalized spacial score (nSPS) is 12.4. The van der Waals surface area contributed by atoms with Crippen LogP contribution in [0, 0.1) is 12.7 Å². The summed E-state index contributed by atoms with van der Waals surface area (Å²) in [5.41, 5.74) is 4.42. The van der Waals surface area contributed by atoms with E-state index >= 15 is 0 Å². The molecule has 0 radical (unpaired) electrons. The summed E-state index contributed by atoms with van der Waals surface area (Å²) in [6.45, 7) is 4.63. The Kier molecular flexibility index (Phi) is 6.11. The average molecular weight is 383 g/mol. The van der Waals surface area contributed by atoms with Crippen molar-refractivity contribution in [3.63, 3.8) is 0 Å². The van der Waals surface area contributed by atoms with Crippen LogP contribution in [-0.2, 0) is 6.54 Å². The maximum absolute atomic E-state index is 14.3. The van der Waals surface area contributed by atoms with Crippen LogP contribution in [0.25, 0.3) is 16.9 Å². The second-order valence-corrected chi connectivity index (χ2v) is 7.03. The number of benzene rings is 2. The molecule has 148 valence electrons. The highest BCUT2D eigenvalue weighted by molar-refractivity contribution is 5.64. The highest BCUT2D eigenvalue weighted by atomic mass is 19.1. The van der Waals surface area contributed by atoms with E-state index in [-0.39, 0.29) is 18.4 Å². The molecule has 0 aliphatic heterocycles. The first-order valence-corrected chi connectivity index (χ1v) is 9.24. The number of likely N-dealkylation sites (N-methyl/N-ethyl adjacent to an activating group) is 1. The van der Waals surface area contributed by atoms with E-state index in [1.807, 2.05) is 67.0 Å². The van der Waals surface area contributed by atoms with Crippen molar-refractivity contribution in [2.75, 3.05) is 20.8 Å². The van der Waals surface area contributed by atoms with Gasteiger partial charge in [0.05, 0.1) is 25.1 Å². The molecule has 0 saturated heterocycles. The molecular weight excluding hydrogens is 357 g/mol. The minimum absolute atomic E-state index is 0.00210. The standard InChI is InChI=1S/C22H26FN3O2/c1-15-7-5-6-8-20(15)26-13-18(12-25(3)16(2)14-27)22(24-26)17-9-10-21(28-4)19(23)11-17/h5-11,13,16,27H,12,14H2,1-4H3/t16-/m0/s1. The van der Waals surface area contributed by atoms with Gasteiger partial charge in [0.1, 0.15) is 0 Å². The molecule has 0 spiro atoms. The first-order chi connectivity index (χ1) is 13.4. The molecule has 0 saturated carbocycles. The molecule has 2 aromatic carbocycles. The van der Waals surface area contributed by atoms with Gasteiger partial charge in [-0.3, -0.25) is 4.90 Å². The van der Waals surface area contributed by atoms with Crippen LogP contribution in [-0.4, -0.2) is 46.6 Å². The van der Waals surface area contributed by atoms with Crippen LogP contribution in [0.4, 0.5) is 4.39 Å². The molecule has 0 unspecified atom stereocenters. The smallest absolute Gasteiger partial charge is 0.165 e. The van der Waals surface area contributed by atoms with Crippen molar-refractivity contribution in [1.29, 1.82) is 0 Å². The number of nitrogens with zero attached hydrogens (tertiary/aromatic N) is 3. The lowest BCUT2D eigenvalue weighted by molar-refractivity contribution is 0.154. The summed E-state index contributed by atoms with van der Waals surface area (Å²) in [6, 6.07) is 12.9. The van der Waals surface area contributed by atoms with E-state index in [2.05, 4.69) is 0 Å². The molecule has 1 N–H and O–H groups in total. The Morgan fingerprint density at radius 1 is 1.25 bits per heavy atom. The van der Waals surface area contributed by atoms with Crippen LogP contribution in [0.1, 0.15) is 18.1 Å². The van der Waals surface area contributed by atoms with Gasteiger partial charge in [-0.25, -0.2) is 9.07 Å². The quantitative estimate of drug-likeness (QED) is 0.674. The fourth-order valence-corrected chi connectivity index (χ4v) is 3.09. The zero-order valence-electron chi connectivity index (χ0n) is 16.7. The van der Waals surface area contributed by atoms with Crippen LogP contribution < -0.4 is 4.74 Å². The third kappa shape index (κ3) is 4.08. The van der Waals surface area contributed by atoms with E-state index in [1.165, 1.54) is 13.2 Å². The fourth-order valence-electron chi connectivity index (χ4n) is 3.09. The molecule has 1 heterocycles. The van der Waals surface area contributed by atoms with Crippen molar-refractivity contribution < 1.29 is 14.2 Å². The highest BCUT2D eigenvalue weighted by Gasteiger charge is 2.18. The lowest BCUT2D eigenvalue weighted by Crippen LogP contribution is -2.31. The molecule has 28 heavy (non-hydrogen) atoms. The first-order valence-electron chi connectivity index (χ1n) is 9.24. The average Bonchev–Trinajstić information content (AvgIpc) is 3.11. The number of halogens is 1. The van der Waals surface area contributed by atoms with Crippen molar-refractivity contribution in [2.24, 2.45) is 0 Å². The van der Waals surface area contributed by atoms with Crippen molar-refractivity contribution in [1.82, 2.24) is 14.7 Å². The van der Waals surface area contributed by atoms with E-state index in [0.29, 0.717) is 17.8 Å². The molecule has 1 atom stereocenters. The first kappa shape index (κ1) is 20.0. The van der Waals surface area contributed by atoms with Gasteiger partial charge in [-0.2, -0.15) is 5.10 Å². The second kappa shape index (κ2) is 8.54. The topological polar surface area (TPSA) is 50.5 Å². The molecule has 5 nitrogen and oxygen atoms in total. The Hall–Kier alpha value is -2.70. The zero-order valence-corrected chi connectivity index (χ0v) is 16.7. The van der Waals surface area contributed by atoms with Gasteiger partial charge >= 0.3 is 0 Å². The molecule has 0 aliphatic carbocycles. The number of aliphatic hydroxyl groups is 1. The number of aliphatic hydroxyl groups excluding tert-OH is 1. The third-order valence-electron chi connectivity index (χ3n) is 5.01. The summed E-state index contributed by atoms with van der Waals surface area (Å²) < 4.78 is 21.2. The number of hydrogen-bond acceptors (Lipinski definition) is 4. The molecule has 0 bridgehead atoms. The van der Waals surface area contributed by atoms with Crippen molar-refractivity contribution in [2.45, 2.75) is 26.4 Å². The van der Waals surface area contributed by atoms with E-state index < -0.39 is 5.82 Å². The number of aromatic nitrogens is 2. The number of methoxy groups -OCH3 is 1. The minimum Gasteiger partial charge on any atom is -0.494 e. The van der Waals surface area contributed by atoms with Gasteiger partial charge in [0.2, 0.25) is 0 Å². The van der Waals surface area contributed by atoms with Crippen LogP contribution in [0.5, 0.6) is 5.75 Å². The van der Waals surface area contributed by atoms with Crippen LogP contribution in [0.2, 0.25) is 0 Å². The summed E-state index contributed by atoms with van der Waals surface area (Å²) in [5, 5.41) is 14.2. The second-order valence-electron chi connectivity index (χ2n) is 7.03. The molecule has 0 fully saturated rings. The maximum atomic E-state index is 14.3. The molecular formula is C22H26FN3O2. The fraction of sp³-hybridized carbons (Fsp3) is 0.318. The molecule has 3 rings (SSSR count). The molecule has 1 aromatic heterocycles. The van der Waals surface area contributed by atoms with Gasteiger partial charge < -0.3 is 9.84 Å². The SMILES string of the molecule is COc1ccc(-c2nn(-c3ccccc3C)cc2CN(C)[C@@H](C)CO)cc1F. The highest BCUT2D eigenvalue weighted by Crippen LogP contribution is 2.29. The Morgan fingerprint density at radius 2 is 2.00 bits per heavy atom. The summed E-state index contributed by atoms with van der Waals surface area (Å²) in [5.74, 6) is -0.219. The van der Waals surface area contributed by atoms with Crippen LogP contribution in [0.15, 0.2) is 48.7 Å². The maximum Gasteiger partial charge on any atom is 0.165 e. The van der Waals surface area contributed by atoms with Gasteiger partial charge in [-0.05, 0) is 50.7 Å². The van der Waals surface area contributed by atoms with Gasteiger partial charge in [-0.15, -0.1) is 0 Å². The van der Waals surface area contributed by atoms with Gasteiger partial charge in [-0.1, -0.05) is 18.2 Å². The van der Waals surface area contributed by atoms with Crippen molar-refractivity contribution in [3.05, 3.63) is 65.6 Å². The van der Waals surface area contributed by atoms with Crippen molar-refractivity contribution >= 4 is 0 Å². The van der Waals surface area contributed by atoms with Crippen molar-refractivity contribution in [3.8, 4) is 22.7 Å². The minimum atomic E-state index is -0.423. The largest absolute Gasteiger partial charge is 0.494 e. The van der Waals surface area contributed by atoms with Gasteiger partial charge in [0.25, 0.3) is 0 Å². The number of aryl methyl sites for hydroxylation is 1. The third-order valence-corrected chi connectivity index (χ3v) is 5.01. The summed E-state index contributed by atoms with van der Waals surface area (Å²) in [7, 11) is 3.39. The number of hydrogen-bond donors (Lipinski definition) is 1. The van der Waals surface area contributed by atoms with E-state index in [9.17, 15) is 9.50 Å². The number of ether oxygens (including phenoxy) is 1. The van der Waals surface area contributed by atoms with Gasteiger partial charge in [0.15, 0.2) is 11.6 Å². The Balaban J connectivity index is 2.08.